The Bertz CT molecular complexity index is 1040. The molecule has 0 N–H and O–H groups in total. The minimum absolute atomic E-state index is 0.0484. The molecule has 0 radical (unpaired) electrons. The van der Waals surface area contributed by atoms with Crippen LogP contribution in [-0.4, -0.2) is 11.8 Å². The number of nitrogens with zero attached hydrogens (tertiary/aromatic N) is 1. The van der Waals surface area contributed by atoms with Gasteiger partial charge in [0.05, 0.1) is 17.5 Å². The number of rotatable bonds is 1. The van der Waals surface area contributed by atoms with Crippen LogP contribution in [0.4, 0.5) is 5.69 Å². The average Bonchev–Trinajstić information content (AvgIpc) is 3.00. The molecular weight excluding hydrogens is 461 g/mol. The monoisotopic (exact) mass is 477 g/mol. The van der Waals surface area contributed by atoms with Crippen LogP contribution in [0, 0.1) is 15.4 Å². The van der Waals surface area contributed by atoms with Gasteiger partial charge < -0.3 is 0 Å². The number of anilines is 1. The highest BCUT2D eigenvalue weighted by atomic mass is 127. The van der Waals surface area contributed by atoms with Crippen LogP contribution in [0.1, 0.15) is 34.1 Å². The second kappa shape index (κ2) is 5.77. The Labute approximate surface area is 176 Å². The minimum Gasteiger partial charge on any atom is -0.274 e. The quantitative estimate of drug-likeness (QED) is 0.377. The molecule has 4 aliphatic rings. The van der Waals surface area contributed by atoms with Crippen LogP contribution in [-0.2, 0) is 9.59 Å². The summed E-state index contributed by atoms with van der Waals surface area (Å²) in [5.41, 5.74) is 5.50. The summed E-state index contributed by atoms with van der Waals surface area (Å²) in [4.78, 5) is 28.5. The number of benzene rings is 3. The van der Waals surface area contributed by atoms with Gasteiger partial charge in [-0.05, 0) is 69.1 Å². The van der Waals surface area contributed by atoms with E-state index < -0.39 is 0 Å². The average molecular weight is 477 g/mol. The van der Waals surface area contributed by atoms with Crippen molar-refractivity contribution in [2.75, 3.05) is 4.90 Å². The Morgan fingerprint density at radius 1 is 0.607 bits per heavy atom. The number of hydrogen-bond donors (Lipinski definition) is 0. The van der Waals surface area contributed by atoms with Gasteiger partial charge in [-0.15, -0.1) is 0 Å². The van der Waals surface area contributed by atoms with E-state index in [1.807, 2.05) is 48.5 Å². The van der Waals surface area contributed by atoms with Crippen molar-refractivity contribution in [1.82, 2.24) is 0 Å². The van der Waals surface area contributed by atoms with Crippen molar-refractivity contribution >= 4 is 40.1 Å². The first kappa shape index (κ1) is 16.5. The summed E-state index contributed by atoms with van der Waals surface area (Å²) < 4.78 is 1.08. The third-order valence-corrected chi connectivity index (χ3v) is 7.25. The van der Waals surface area contributed by atoms with Crippen LogP contribution in [0.3, 0.4) is 0 Å². The molecule has 1 aliphatic heterocycles. The van der Waals surface area contributed by atoms with Crippen molar-refractivity contribution in [3.63, 3.8) is 0 Å². The third kappa shape index (κ3) is 1.99. The molecule has 1 saturated heterocycles. The number of halogens is 1. The fourth-order valence-corrected chi connectivity index (χ4v) is 5.88. The van der Waals surface area contributed by atoms with E-state index >= 15 is 0 Å². The summed E-state index contributed by atoms with van der Waals surface area (Å²) in [5, 5.41) is 0. The van der Waals surface area contributed by atoms with Gasteiger partial charge in [-0.1, -0.05) is 48.5 Å². The van der Waals surface area contributed by atoms with E-state index in [0.29, 0.717) is 5.69 Å². The number of amides is 2. The van der Waals surface area contributed by atoms with E-state index in [2.05, 4.69) is 46.9 Å². The minimum atomic E-state index is -0.318. The maximum absolute atomic E-state index is 13.5. The summed E-state index contributed by atoms with van der Waals surface area (Å²) in [6.07, 6.45) is 0. The standard InChI is InChI=1S/C24H16INO2/c25-13-9-11-14(12-10-13)26-23(27)21-19-15-5-1-2-6-16(15)20(22(21)24(26)28)18-8-4-3-7-17(18)19/h1-12,19-22H. The molecule has 2 atom stereocenters. The molecule has 0 aromatic heterocycles. The van der Waals surface area contributed by atoms with E-state index in [0.717, 1.165) is 3.57 Å². The number of imide groups is 1. The Balaban J connectivity index is 1.57. The van der Waals surface area contributed by atoms with Gasteiger partial charge >= 0.3 is 0 Å². The van der Waals surface area contributed by atoms with E-state index in [1.54, 1.807) is 0 Å². The molecule has 2 bridgehead atoms. The smallest absolute Gasteiger partial charge is 0.238 e. The molecule has 2 amide bonds. The van der Waals surface area contributed by atoms with E-state index in [4.69, 9.17) is 0 Å². The Kier molecular flexibility index (Phi) is 3.39. The topological polar surface area (TPSA) is 37.4 Å². The molecule has 2 unspecified atom stereocenters. The lowest BCUT2D eigenvalue weighted by Gasteiger charge is -2.45. The molecular formula is C24H16INO2. The largest absolute Gasteiger partial charge is 0.274 e. The summed E-state index contributed by atoms with van der Waals surface area (Å²) in [6.45, 7) is 0. The van der Waals surface area contributed by atoms with Gasteiger partial charge in [-0.3, -0.25) is 9.59 Å². The molecule has 0 saturated carbocycles. The summed E-state index contributed by atoms with van der Waals surface area (Å²) in [5.74, 6) is -0.853. The maximum atomic E-state index is 13.5. The van der Waals surface area contributed by atoms with Crippen LogP contribution < -0.4 is 4.90 Å². The zero-order valence-electron chi connectivity index (χ0n) is 14.9. The van der Waals surface area contributed by atoms with Crippen molar-refractivity contribution < 1.29 is 9.59 Å². The predicted octanol–water partition coefficient (Wildman–Crippen LogP) is 4.69. The molecule has 3 aliphatic carbocycles. The van der Waals surface area contributed by atoms with Gasteiger partial charge in [-0.25, -0.2) is 4.90 Å². The molecule has 4 heteroatoms. The van der Waals surface area contributed by atoms with Crippen LogP contribution in [0.15, 0.2) is 72.8 Å². The van der Waals surface area contributed by atoms with Gasteiger partial charge in [0, 0.05) is 15.4 Å². The first-order valence-corrected chi connectivity index (χ1v) is 10.6. The van der Waals surface area contributed by atoms with Gasteiger partial charge in [0.25, 0.3) is 0 Å². The molecule has 3 aromatic rings. The second-order valence-corrected chi connectivity index (χ2v) is 9.00. The van der Waals surface area contributed by atoms with Crippen molar-refractivity contribution in [1.29, 1.82) is 0 Å². The molecule has 3 aromatic carbocycles. The number of carbonyl (C=O) groups is 2. The SMILES string of the molecule is O=C1C2C3c4ccccc4C(c4ccccc43)C2C(=O)N1c1ccc(I)cc1. The lowest BCUT2D eigenvalue weighted by molar-refractivity contribution is -0.122. The summed E-state index contributed by atoms with van der Waals surface area (Å²) in [6, 6.07) is 24.3. The molecule has 0 spiro atoms. The van der Waals surface area contributed by atoms with Gasteiger partial charge in [-0.2, -0.15) is 0 Å². The van der Waals surface area contributed by atoms with Gasteiger partial charge in [0.15, 0.2) is 0 Å². The van der Waals surface area contributed by atoms with Gasteiger partial charge in [0.1, 0.15) is 0 Å². The van der Waals surface area contributed by atoms with Crippen molar-refractivity contribution in [2.45, 2.75) is 11.8 Å². The van der Waals surface area contributed by atoms with Crippen LogP contribution in [0.5, 0.6) is 0 Å². The molecule has 7 rings (SSSR count). The highest BCUT2D eigenvalue weighted by molar-refractivity contribution is 14.1. The van der Waals surface area contributed by atoms with Crippen molar-refractivity contribution in [3.05, 3.63) is 98.6 Å². The molecule has 3 nitrogen and oxygen atoms in total. The van der Waals surface area contributed by atoms with Crippen LogP contribution in [0.25, 0.3) is 0 Å². The molecule has 1 fully saturated rings. The summed E-state index contributed by atoms with van der Waals surface area (Å²) >= 11 is 2.23. The summed E-state index contributed by atoms with van der Waals surface area (Å²) in [7, 11) is 0. The lowest BCUT2D eigenvalue weighted by atomic mass is 9.55. The predicted molar refractivity (Wildman–Crippen MR) is 115 cm³/mol. The van der Waals surface area contributed by atoms with Crippen molar-refractivity contribution in [3.8, 4) is 0 Å². The Hall–Kier alpha value is -2.47. The zero-order chi connectivity index (χ0) is 19.0. The fraction of sp³-hybridized carbons (Fsp3) is 0.167. The highest BCUT2D eigenvalue weighted by Crippen LogP contribution is 2.61. The Morgan fingerprint density at radius 2 is 1.00 bits per heavy atom. The normalized spacial score (nSPS) is 26.8. The van der Waals surface area contributed by atoms with Crippen LogP contribution >= 0.6 is 22.6 Å². The third-order valence-electron chi connectivity index (χ3n) is 6.53. The van der Waals surface area contributed by atoms with E-state index in [-0.39, 0.29) is 35.5 Å². The van der Waals surface area contributed by atoms with Gasteiger partial charge in [0.2, 0.25) is 11.8 Å². The van der Waals surface area contributed by atoms with E-state index in [1.165, 1.54) is 27.2 Å². The van der Waals surface area contributed by atoms with E-state index in [9.17, 15) is 9.59 Å². The first-order valence-electron chi connectivity index (χ1n) is 9.48. The molecule has 136 valence electrons. The zero-order valence-corrected chi connectivity index (χ0v) is 17.0. The number of hydrogen-bond acceptors (Lipinski definition) is 2. The first-order chi connectivity index (χ1) is 13.7. The van der Waals surface area contributed by atoms with Crippen LogP contribution in [0.2, 0.25) is 0 Å². The molecule has 28 heavy (non-hydrogen) atoms. The second-order valence-electron chi connectivity index (χ2n) is 7.75. The highest BCUT2D eigenvalue weighted by Gasteiger charge is 2.61. The maximum Gasteiger partial charge on any atom is 0.238 e. The van der Waals surface area contributed by atoms with Crippen molar-refractivity contribution in [2.24, 2.45) is 11.8 Å². The molecule has 1 heterocycles. The lowest BCUT2D eigenvalue weighted by Crippen LogP contribution is -2.41. The Morgan fingerprint density at radius 3 is 1.39 bits per heavy atom. The fourth-order valence-electron chi connectivity index (χ4n) is 5.52. The number of carbonyl (C=O) groups excluding carboxylic acids is 2.